The van der Waals surface area contributed by atoms with Crippen molar-refractivity contribution in [2.45, 2.75) is 52.9 Å². The van der Waals surface area contributed by atoms with Crippen molar-refractivity contribution in [3.8, 4) is 0 Å². The van der Waals surface area contributed by atoms with E-state index in [1.165, 1.54) is 19.3 Å². The Morgan fingerprint density at radius 3 is 2.62 bits per heavy atom. The molecule has 0 bridgehead atoms. The number of carbonyl (C=O) groups is 1. The lowest BCUT2D eigenvalue weighted by Gasteiger charge is -2.28. The minimum Gasteiger partial charge on any atom is -0.462 e. The SMILES string of the molecule is CCOC(=O)c1cnn2c(N3CCCCC3)c(C)nc2c1C(C)C. The summed E-state index contributed by atoms with van der Waals surface area (Å²) >= 11 is 0. The third-order valence-corrected chi connectivity index (χ3v) is 4.56. The molecule has 0 amide bonds. The number of aromatic nitrogens is 3. The molecule has 130 valence electrons. The van der Waals surface area contributed by atoms with E-state index in [9.17, 15) is 4.79 Å². The maximum Gasteiger partial charge on any atom is 0.340 e. The van der Waals surface area contributed by atoms with Crippen LogP contribution in [0.4, 0.5) is 5.82 Å². The smallest absolute Gasteiger partial charge is 0.340 e. The van der Waals surface area contributed by atoms with Crippen molar-refractivity contribution < 1.29 is 9.53 Å². The predicted molar refractivity (Wildman–Crippen MR) is 93.8 cm³/mol. The molecule has 0 unspecified atom stereocenters. The monoisotopic (exact) mass is 330 g/mol. The summed E-state index contributed by atoms with van der Waals surface area (Å²) in [7, 11) is 0. The summed E-state index contributed by atoms with van der Waals surface area (Å²) in [6.07, 6.45) is 5.31. The summed E-state index contributed by atoms with van der Waals surface area (Å²) in [5.41, 5.74) is 3.17. The maximum absolute atomic E-state index is 12.3. The first kappa shape index (κ1) is 16.7. The second-order valence-corrected chi connectivity index (χ2v) is 6.65. The van der Waals surface area contributed by atoms with Crippen molar-refractivity contribution in [1.29, 1.82) is 0 Å². The van der Waals surface area contributed by atoms with E-state index in [4.69, 9.17) is 9.72 Å². The van der Waals surface area contributed by atoms with Gasteiger partial charge in [0.2, 0.25) is 0 Å². The van der Waals surface area contributed by atoms with Gasteiger partial charge in [0.05, 0.1) is 24.1 Å². The summed E-state index contributed by atoms with van der Waals surface area (Å²) in [5, 5.41) is 4.54. The highest BCUT2D eigenvalue weighted by Gasteiger charge is 2.25. The number of piperidine rings is 1. The molecule has 1 aliphatic rings. The van der Waals surface area contributed by atoms with Crippen LogP contribution in [0.25, 0.3) is 5.65 Å². The molecular formula is C18H26N4O2. The Labute approximate surface area is 142 Å². The van der Waals surface area contributed by atoms with Crippen LogP contribution in [0.1, 0.15) is 67.6 Å². The lowest BCUT2D eigenvalue weighted by Crippen LogP contribution is -2.31. The molecular weight excluding hydrogens is 304 g/mol. The van der Waals surface area contributed by atoms with Gasteiger partial charge in [-0.15, -0.1) is 0 Å². The topological polar surface area (TPSA) is 59.7 Å². The lowest BCUT2D eigenvalue weighted by atomic mass is 10.00. The first-order valence-corrected chi connectivity index (χ1v) is 8.84. The summed E-state index contributed by atoms with van der Waals surface area (Å²) < 4.78 is 7.10. The van der Waals surface area contributed by atoms with Crippen LogP contribution >= 0.6 is 0 Å². The highest BCUT2D eigenvalue weighted by molar-refractivity contribution is 5.93. The van der Waals surface area contributed by atoms with E-state index in [1.54, 1.807) is 6.20 Å². The molecule has 0 N–H and O–H groups in total. The summed E-state index contributed by atoms with van der Waals surface area (Å²) in [5.74, 6) is 0.893. The number of ether oxygens (including phenoxy) is 1. The molecule has 2 aromatic heterocycles. The van der Waals surface area contributed by atoms with Crippen LogP contribution in [0.5, 0.6) is 0 Å². The molecule has 24 heavy (non-hydrogen) atoms. The highest BCUT2D eigenvalue weighted by Crippen LogP contribution is 2.30. The molecule has 6 heteroatoms. The molecule has 1 fully saturated rings. The Kier molecular flexibility index (Phi) is 4.73. The van der Waals surface area contributed by atoms with Gasteiger partial charge in [-0.3, -0.25) is 0 Å². The fraction of sp³-hybridized carbons (Fsp3) is 0.611. The van der Waals surface area contributed by atoms with Gasteiger partial charge in [-0.1, -0.05) is 13.8 Å². The van der Waals surface area contributed by atoms with Crippen LogP contribution in [0.2, 0.25) is 0 Å². The van der Waals surface area contributed by atoms with Crippen LogP contribution in [0, 0.1) is 6.92 Å². The Balaban J connectivity index is 2.16. The van der Waals surface area contributed by atoms with Gasteiger partial charge in [-0.05, 0) is 39.0 Å². The van der Waals surface area contributed by atoms with Crippen molar-refractivity contribution in [3.63, 3.8) is 0 Å². The van der Waals surface area contributed by atoms with Crippen LogP contribution in [0.3, 0.4) is 0 Å². The number of hydrogen-bond acceptors (Lipinski definition) is 5. The predicted octanol–water partition coefficient (Wildman–Crippen LogP) is 3.33. The second kappa shape index (κ2) is 6.79. The molecule has 6 nitrogen and oxygen atoms in total. The van der Waals surface area contributed by atoms with Crippen molar-refractivity contribution in [1.82, 2.24) is 14.6 Å². The summed E-state index contributed by atoms with van der Waals surface area (Å²) in [4.78, 5) is 19.4. The number of imidazole rings is 1. The summed E-state index contributed by atoms with van der Waals surface area (Å²) in [6, 6.07) is 0. The number of anilines is 1. The molecule has 0 atom stereocenters. The normalized spacial score (nSPS) is 15.3. The first-order chi connectivity index (χ1) is 11.5. The van der Waals surface area contributed by atoms with E-state index in [0.29, 0.717) is 12.2 Å². The van der Waals surface area contributed by atoms with Gasteiger partial charge in [0.15, 0.2) is 11.5 Å². The number of rotatable bonds is 4. The quantitative estimate of drug-likeness (QED) is 0.805. The van der Waals surface area contributed by atoms with Gasteiger partial charge >= 0.3 is 5.97 Å². The Bertz CT molecular complexity index is 745. The average Bonchev–Trinajstić information content (AvgIpc) is 2.90. The molecule has 3 heterocycles. The molecule has 1 aliphatic heterocycles. The lowest BCUT2D eigenvalue weighted by molar-refractivity contribution is 0.0524. The number of carbonyl (C=O) groups excluding carboxylic acids is 1. The van der Waals surface area contributed by atoms with Crippen LogP contribution in [-0.4, -0.2) is 40.3 Å². The third-order valence-electron chi connectivity index (χ3n) is 4.56. The number of esters is 1. The van der Waals surface area contributed by atoms with Crippen LogP contribution < -0.4 is 4.90 Å². The minimum absolute atomic E-state index is 0.158. The van der Waals surface area contributed by atoms with Gasteiger partial charge < -0.3 is 9.64 Å². The van der Waals surface area contributed by atoms with Gasteiger partial charge in [-0.2, -0.15) is 9.61 Å². The molecule has 0 aromatic carbocycles. The molecule has 0 saturated carbocycles. The number of fused-ring (bicyclic) bond motifs is 1. The molecule has 3 rings (SSSR count). The minimum atomic E-state index is -0.323. The van der Waals surface area contributed by atoms with E-state index in [0.717, 1.165) is 35.8 Å². The van der Waals surface area contributed by atoms with E-state index >= 15 is 0 Å². The van der Waals surface area contributed by atoms with Crippen molar-refractivity contribution in [2.24, 2.45) is 0 Å². The number of aryl methyl sites for hydroxylation is 1. The highest BCUT2D eigenvalue weighted by atomic mass is 16.5. The summed E-state index contributed by atoms with van der Waals surface area (Å²) in [6.45, 7) is 10.4. The van der Waals surface area contributed by atoms with Gasteiger partial charge in [0.25, 0.3) is 0 Å². The Morgan fingerprint density at radius 2 is 2.00 bits per heavy atom. The van der Waals surface area contributed by atoms with Crippen molar-refractivity contribution >= 4 is 17.4 Å². The van der Waals surface area contributed by atoms with E-state index in [-0.39, 0.29) is 11.9 Å². The molecule has 2 aromatic rings. The van der Waals surface area contributed by atoms with E-state index in [1.807, 2.05) is 18.4 Å². The van der Waals surface area contributed by atoms with Gasteiger partial charge in [-0.25, -0.2) is 9.78 Å². The third kappa shape index (κ3) is 2.85. The number of nitrogens with zero attached hydrogens (tertiary/aromatic N) is 4. The maximum atomic E-state index is 12.3. The van der Waals surface area contributed by atoms with Crippen LogP contribution in [-0.2, 0) is 4.74 Å². The Hall–Kier alpha value is -2.11. The fourth-order valence-corrected chi connectivity index (χ4v) is 3.51. The zero-order valence-electron chi connectivity index (χ0n) is 15.0. The second-order valence-electron chi connectivity index (χ2n) is 6.65. The zero-order valence-corrected chi connectivity index (χ0v) is 15.0. The molecule has 0 radical (unpaired) electrons. The van der Waals surface area contributed by atoms with Crippen molar-refractivity contribution in [2.75, 3.05) is 24.6 Å². The molecule has 0 spiro atoms. The van der Waals surface area contributed by atoms with Crippen LogP contribution in [0.15, 0.2) is 6.20 Å². The van der Waals surface area contributed by atoms with Crippen molar-refractivity contribution in [3.05, 3.63) is 23.0 Å². The molecule has 1 saturated heterocycles. The van der Waals surface area contributed by atoms with E-state index < -0.39 is 0 Å². The average molecular weight is 330 g/mol. The first-order valence-electron chi connectivity index (χ1n) is 8.84. The fourth-order valence-electron chi connectivity index (χ4n) is 3.51. The van der Waals surface area contributed by atoms with E-state index in [2.05, 4.69) is 23.8 Å². The zero-order chi connectivity index (χ0) is 17.3. The van der Waals surface area contributed by atoms with Gasteiger partial charge in [0.1, 0.15) is 0 Å². The van der Waals surface area contributed by atoms with Gasteiger partial charge in [0, 0.05) is 18.7 Å². The Morgan fingerprint density at radius 1 is 1.29 bits per heavy atom. The molecule has 0 aliphatic carbocycles. The standard InChI is InChI=1S/C18H26N4O2/c1-5-24-18(23)14-11-19-22-16(15(14)12(2)3)20-13(4)17(22)21-9-7-6-8-10-21/h11-12H,5-10H2,1-4H3. The number of hydrogen-bond donors (Lipinski definition) is 0. The largest absolute Gasteiger partial charge is 0.462 e.